The Morgan fingerprint density at radius 1 is 1.15 bits per heavy atom. The van der Waals surface area contributed by atoms with E-state index in [0.717, 1.165) is 30.6 Å². The van der Waals surface area contributed by atoms with Crippen LogP contribution in [0.25, 0.3) is 0 Å². The molecule has 2 nitrogen and oxygen atoms in total. The second kappa shape index (κ2) is 3.44. The number of rotatable bonds is 2. The van der Waals surface area contributed by atoms with E-state index in [1.165, 1.54) is 0 Å². The van der Waals surface area contributed by atoms with Crippen molar-refractivity contribution in [2.24, 2.45) is 0 Å². The van der Waals surface area contributed by atoms with Crippen molar-refractivity contribution in [3.8, 4) is 0 Å². The van der Waals surface area contributed by atoms with Crippen LogP contribution in [0, 0.1) is 0 Å². The number of benzene rings is 1. The predicted molar refractivity (Wildman–Crippen MR) is 53.2 cm³/mol. The molecular weight excluding hydrogens is 162 g/mol. The normalized spacial score (nSPS) is 14.9. The summed E-state index contributed by atoms with van der Waals surface area (Å²) in [6.45, 7) is 1.82. The highest BCUT2D eigenvalue weighted by Gasteiger charge is 2.10. The first-order chi connectivity index (χ1) is 6.42. The van der Waals surface area contributed by atoms with Crippen molar-refractivity contribution in [2.45, 2.75) is 0 Å². The quantitative estimate of drug-likeness (QED) is 0.502. The smallest absolute Gasteiger partial charge is 0.152 e. The third-order valence-corrected chi connectivity index (χ3v) is 2.22. The van der Waals surface area contributed by atoms with E-state index < -0.39 is 0 Å². The lowest BCUT2D eigenvalue weighted by Gasteiger charge is -2.18. The van der Waals surface area contributed by atoms with E-state index in [4.69, 9.17) is 0 Å². The van der Waals surface area contributed by atoms with Gasteiger partial charge in [-0.2, -0.15) is 0 Å². The van der Waals surface area contributed by atoms with E-state index in [2.05, 4.69) is 17.1 Å². The third-order valence-electron chi connectivity index (χ3n) is 2.22. The first kappa shape index (κ1) is 8.05. The minimum absolute atomic E-state index is 0.770. The molecular formula is C11H11NO. The summed E-state index contributed by atoms with van der Waals surface area (Å²) in [7, 11) is 0. The highest BCUT2D eigenvalue weighted by Crippen LogP contribution is 2.20. The van der Waals surface area contributed by atoms with E-state index in [-0.39, 0.29) is 0 Å². The molecule has 1 aromatic rings. The second-order valence-electron chi connectivity index (χ2n) is 3.05. The maximum absolute atomic E-state index is 10.7. The molecule has 0 fully saturated rings. The Labute approximate surface area is 77.5 Å². The maximum Gasteiger partial charge on any atom is 0.152 e. The van der Waals surface area contributed by atoms with Gasteiger partial charge in [0, 0.05) is 24.3 Å². The van der Waals surface area contributed by atoms with Crippen LogP contribution in [0.5, 0.6) is 0 Å². The molecule has 0 aromatic heterocycles. The molecule has 66 valence electrons. The van der Waals surface area contributed by atoms with Crippen molar-refractivity contribution >= 4 is 12.0 Å². The highest BCUT2D eigenvalue weighted by molar-refractivity contribution is 5.84. The van der Waals surface area contributed by atoms with Crippen LogP contribution < -0.4 is 4.90 Å². The van der Waals surface area contributed by atoms with Crippen LogP contribution in [0.15, 0.2) is 36.4 Å². The Morgan fingerprint density at radius 3 is 2.54 bits per heavy atom. The van der Waals surface area contributed by atoms with Crippen LogP contribution >= 0.6 is 0 Å². The van der Waals surface area contributed by atoms with Gasteiger partial charge in [0.15, 0.2) is 6.29 Å². The molecule has 1 aliphatic rings. The number of para-hydroxylation sites is 1. The van der Waals surface area contributed by atoms with Gasteiger partial charge in [0.05, 0.1) is 0 Å². The van der Waals surface area contributed by atoms with Crippen molar-refractivity contribution in [3.63, 3.8) is 0 Å². The van der Waals surface area contributed by atoms with Gasteiger partial charge in [-0.1, -0.05) is 24.3 Å². The molecule has 0 N–H and O–H groups in total. The molecule has 0 unspecified atom stereocenters. The Bertz CT molecular complexity index is 336. The van der Waals surface area contributed by atoms with Gasteiger partial charge >= 0.3 is 0 Å². The molecule has 0 saturated carbocycles. The molecule has 0 spiro atoms. The molecule has 0 saturated heterocycles. The van der Waals surface area contributed by atoms with E-state index in [1.54, 1.807) is 0 Å². The average molecular weight is 173 g/mol. The monoisotopic (exact) mass is 173 g/mol. The minimum atomic E-state index is 0.770. The van der Waals surface area contributed by atoms with Gasteiger partial charge in [-0.3, -0.25) is 4.79 Å². The van der Waals surface area contributed by atoms with Crippen LogP contribution in [-0.2, 0) is 0 Å². The first-order valence-electron chi connectivity index (χ1n) is 4.36. The minimum Gasteiger partial charge on any atom is -0.364 e. The summed E-state index contributed by atoms with van der Waals surface area (Å²) in [5.74, 6) is 0. The standard InChI is InChI=1S/C11H11NO/c13-9-10-5-1-2-6-11(10)12-7-3-4-8-12/h1-6,9H,7-8H2. The molecule has 0 aliphatic carbocycles. The molecule has 0 amide bonds. The molecule has 0 atom stereocenters. The number of aldehydes is 1. The topological polar surface area (TPSA) is 20.3 Å². The number of hydrogen-bond donors (Lipinski definition) is 0. The van der Waals surface area contributed by atoms with Crippen LogP contribution in [0.3, 0.4) is 0 Å². The summed E-state index contributed by atoms with van der Waals surface area (Å²) >= 11 is 0. The number of anilines is 1. The zero-order valence-electron chi connectivity index (χ0n) is 7.31. The van der Waals surface area contributed by atoms with Gasteiger partial charge in [-0.05, 0) is 12.1 Å². The molecule has 1 aromatic carbocycles. The summed E-state index contributed by atoms with van der Waals surface area (Å²) in [5.41, 5.74) is 1.80. The van der Waals surface area contributed by atoms with Crippen LogP contribution in [-0.4, -0.2) is 19.4 Å². The van der Waals surface area contributed by atoms with Crippen molar-refractivity contribution in [3.05, 3.63) is 42.0 Å². The van der Waals surface area contributed by atoms with E-state index in [0.29, 0.717) is 0 Å². The summed E-state index contributed by atoms with van der Waals surface area (Å²) in [4.78, 5) is 12.9. The second-order valence-corrected chi connectivity index (χ2v) is 3.05. The number of carbonyl (C=O) groups excluding carboxylic acids is 1. The van der Waals surface area contributed by atoms with E-state index >= 15 is 0 Å². The van der Waals surface area contributed by atoms with E-state index in [1.807, 2.05) is 24.3 Å². The lowest BCUT2D eigenvalue weighted by atomic mass is 10.2. The van der Waals surface area contributed by atoms with Gasteiger partial charge < -0.3 is 4.90 Å². The molecule has 1 heterocycles. The third kappa shape index (κ3) is 1.47. The van der Waals surface area contributed by atoms with Crippen LogP contribution in [0.4, 0.5) is 5.69 Å². The van der Waals surface area contributed by atoms with E-state index in [9.17, 15) is 4.79 Å². The average Bonchev–Trinajstić information content (AvgIpc) is 2.70. The number of carbonyl (C=O) groups is 1. The van der Waals surface area contributed by atoms with Gasteiger partial charge in [-0.15, -0.1) is 0 Å². The fourth-order valence-electron chi connectivity index (χ4n) is 1.55. The van der Waals surface area contributed by atoms with Crippen molar-refractivity contribution < 1.29 is 4.79 Å². The Kier molecular flexibility index (Phi) is 2.13. The Hall–Kier alpha value is -1.57. The SMILES string of the molecule is O=Cc1ccccc1N1CC=CC1. The van der Waals surface area contributed by atoms with Crippen molar-refractivity contribution in [1.29, 1.82) is 0 Å². The van der Waals surface area contributed by atoms with Gasteiger partial charge in [0.2, 0.25) is 0 Å². The Balaban J connectivity index is 2.32. The molecule has 13 heavy (non-hydrogen) atoms. The molecule has 2 heteroatoms. The summed E-state index contributed by atoms with van der Waals surface area (Å²) in [6, 6.07) is 7.68. The Morgan fingerprint density at radius 2 is 1.85 bits per heavy atom. The highest BCUT2D eigenvalue weighted by atomic mass is 16.1. The summed E-state index contributed by atoms with van der Waals surface area (Å²) in [6.07, 6.45) is 5.14. The van der Waals surface area contributed by atoms with Gasteiger partial charge in [0.25, 0.3) is 0 Å². The van der Waals surface area contributed by atoms with Gasteiger partial charge in [0.1, 0.15) is 0 Å². The molecule has 2 rings (SSSR count). The fourth-order valence-corrected chi connectivity index (χ4v) is 1.55. The largest absolute Gasteiger partial charge is 0.364 e. The number of nitrogens with zero attached hydrogens (tertiary/aromatic N) is 1. The van der Waals surface area contributed by atoms with Crippen molar-refractivity contribution in [2.75, 3.05) is 18.0 Å². The maximum atomic E-state index is 10.7. The summed E-state index contributed by atoms with van der Waals surface area (Å²) < 4.78 is 0. The lowest BCUT2D eigenvalue weighted by Crippen LogP contribution is -2.19. The predicted octanol–water partition coefficient (Wildman–Crippen LogP) is 1.88. The zero-order chi connectivity index (χ0) is 9.10. The van der Waals surface area contributed by atoms with Gasteiger partial charge in [-0.25, -0.2) is 0 Å². The summed E-state index contributed by atoms with van der Waals surface area (Å²) in [5, 5.41) is 0. The first-order valence-corrected chi connectivity index (χ1v) is 4.36. The lowest BCUT2D eigenvalue weighted by molar-refractivity contribution is 0.112. The molecule has 0 radical (unpaired) electrons. The van der Waals surface area contributed by atoms with Crippen molar-refractivity contribution in [1.82, 2.24) is 0 Å². The fraction of sp³-hybridized carbons (Fsp3) is 0.182. The van der Waals surface area contributed by atoms with Crippen LogP contribution in [0.1, 0.15) is 10.4 Å². The van der Waals surface area contributed by atoms with Crippen LogP contribution in [0.2, 0.25) is 0 Å². The number of hydrogen-bond acceptors (Lipinski definition) is 2. The zero-order valence-corrected chi connectivity index (χ0v) is 7.31. The molecule has 0 bridgehead atoms. The molecule has 1 aliphatic heterocycles.